The number of benzene rings is 1. The molecule has 4 heteroatoms. The molecule has 17 heavy (non-hydrogen) atoms. The maximum Gasteiger partial charge on any atom is 0.339 e. The van der Waals surface area contributed by atoms with Crippen LogP contribution in [0.25, 0.3) is 0 Å². The Bertz CT molecular complexity index is 420. The second kappa shape index (κ2) is 5.46. The molecule has 0 saturated carbocycles. The summed E-state index contributed by atoms with van der Waals surface area (Å²) in [5.41, 5.74) is -0.801. The van der Waals surface area contributed by atoms with Gasteiger partial charge in [-0.1, -0.05) is 37.3 Å². The number of esters is 1. The summed E-state index contributed by atoms with van der Waals surface area (Å²) in [6.45, 7) is 2.78. The van der Waals surface area contributed by atoms with E-state index in [0.29, 0.717) is 0 Å². The van der Waals surface area contributed by atoms with E-state index in [0.717, 1.165) is 5.56 Å². The van der Waals surface area contributed by atoms with Crippen LogP contribution in [0.15, 0.2) is 30.3 Å². The minimum absolute atomic E-state index is 0.351. The summed E-state index contributed by atoms with van der Waals surface area (Å²) in [7, 11) is 0. The molecule has 0 spiro atoms. The third-order valence-electron chi connectivity index (χ3n) is 2.82. The topological polar surface area (TPSA) is 70.3 Å². The number of hydrogen-bond acceptors (Lipinski definition) is 4. The van der Waals surface area contributed by atoms with Gasteiger partial charge in [0.25, 0.3) is 0 Å². The molecule has 0 aliphatic rings. The van der Waals surface area contributed by atoms with Crippen LogP contribution in [0, 0.1) is 11.3 Å². The number of nitriles is 1. The SMILES string of the molecule is C[C@H](c1ccccc1)[C@](C)(O)C(=O)OCC#N. The van der Waals surface area contributed by atoms with E-state index in [2.05, 4.69) is 4.74 Å². The molecule has 0 unspecified atom stereocenters. The standard InChI is InChI=1S/C13H15NO3/c1-10(11-6-4-3-5-7-11)13(2,16)12(15)17-9-8-14/h3-7,10,16H,9H2,1-2H3/t10-,13+/m1/s1. The van der Waals surface area contributed by atoms with E-state index >= 15 is 0 Å². The van der Waals surface area contributed by atoms with Crippen LogP contribution in [0.4, 0.5) is 0 Å². The zero-order valence-corrected chi connectivity index (χ0v) is 9.88. The van der Waals surface area contributed by atoms with Gasteiger partial charge in [0.1, 0.15) is 6.07 Å². The summed E-state index contributed by atoms with van der Waals surface area (Å²) in [5.74, 6) is -1.19. The molecule has 90 valence electrons. The van der Waals surface area contributed by atoms with Crippen molar-refractivity contribution in [3.63, 3.8) is 0 Å². The maximum absolute atomic E-state index is 11.6. The van der Waals surface area contributed by atoms with Crippen LogP contribution in [0.3, 0.4) is 0 Å². The number of ether oxygens (including phenoxy) is 1. The Morgan fingerprint density at radius 3 is 2.65 bits per heavy atom. The predicted molar refractivity (Wildman–Crippen MR) is 62.1 cm³/mol. The third-order valence-corrected chi connectivity index (χ3v) is 2.82. The lowest BCUT2D eigenvalue weighted by Gasteiger charge is -2.27. The Hall–Kier alpha value is -1.86. The van der Waals surface area contributed by atoms with E-state index in [1.807, 2.05) is 30.3 Å². The molecule has 2 atom stereocenters. The lowest BCUT2D eigenvalue weighted by molar-refractivity contribution is -0.164. The van der Waals surface area contributed by atoms with Crippen molar-refractivity contribution in [2.24, 2.45) is 0 Å². The first-order chi connectivity index (χ1) is 8.00. The van der Waals surface area contributed by atoms with Gasteiger partial charge in [-0.05, 0) is 12.5 Å². The number of hydrogen-bond donors (Lipinski definition) is 1. The van der Waals surface area contributed by atoms with Gasteiger partial charge < -0.3 is 9.84 Å². The van der Waals surface area contributed by atoms with Crippen LogP contribution in [-0.4, -0.2) is 23.3 Å². The first kappa shape index (κ1) is 13.2. The Morgan fingerprint density at radius 1 is 1.53 bits per heavy atom. The van der Waals surface area contributed by atoms with Crippen LogP contribution in [0.2, 0.25) is 0 Å². The molecule has 0 amide bonds. The smallest absolute Gasteiger partial charge is 0.339 e. The van der Waals surface area contributed by atoms with Gasteiger partial charge in [0.05, 0.1) is 0 Å². The summed E-state index contributed by atoms with van der Waals surface area (Å²) in [6, 6.07) is 10.9. The highest BCUT2D eigenvalue weighted by molar-refractivity contribution is 5.80. The van der Waals surface area contributed by atoms with Crippen molar-refractivity contribution in [2.45, 2.75) is 25.4 Å². The van der Waals surface area contributed by atoms with E-state index in [9.17, 15) is 9.90 Å². The Labute approximate surface area is 100 Å². The van der Waals surface area contributed by atoms with Crippen LogP contribution < -0.4 is 0 Å². The number of aliphatic hydroxyl groups is 1. The second-order valence-corrected chi connectivity index (χ2v) is 4.01. The average Bonchev–Trinajstić information content (AvgIpc) is 2.35. The molecule has 0 fully saturated rings. The van der Waals surface area contributed by atoms with E-state index in [-0.39, 0.29) is 6.61 Å². The molecule has 0 saturated heterocycles. The number of nitrogens with zero attached hydrogens (tertiary/aromatic N) is 1. The predicted octanol–water partition coefficient (Wildman–Crippen LogP) is 1.61. The quantitative estimate of drug-likeness (QED) is 0.802. The zero-order chi connectivity index (χ0) is 12.9. The summed E-state index contributed by atoms with van der Waals surface area (Å²) < 4.78 is 4.65. The fourth-order valence-corrected chi connectivity index (χ4v) is 1.49. The van der Waals surface area contributed by atoms with Crippen molar-refractivity contribution in [1.82, 2.24) is 0 Å². The van der Waals surface area contributed by atoms with Gasteiger partial charge in [0.2, 0.25) is 0 Å². The average molecular weight is 233 g/mol. The van der Waals surface area contributed by atoms with Crippen molar-refractivity contribution in [3.8, 4) is 6.07 Å². The Morgan fingerprint density at radius 2 is 2.12 bits per heavy atom. The summed E-state index contributed by atoms with van der Waals surface area (Å²) in [5, 5.41) is 18.5. The molecule has 0 heterocycles. The van der Waals surface area contributed by atoms with Crippen LogP contribution in [0.5, 0.6) is 0 Å². The van der Waals surface area contributed by atoms with Crippen molar-refractivity contribution in [3.05, 3.63) is 35.9 Å². The van der Waals surface area contributed by atoms with E-state index < -0.39 is 17.5 Å². The van der Waals surface area contributed by atoms with E-state index in [1.165, 1.54) is 6.92 Å². The van der Waals surface area contributed by atoms with Gasteiger partial charge in [0.15, 0.2) is 12.2 Å². The van der Waals surface area contributed by atoms with Gasteiger partial charge in [-0.15, -0.1) is 0 Å². The fraction of sp³-hybridized carbons (Fsp3) is 0.385. The first-order valence-corrected chi connectivity index (χ1v) is 5.31. The van der Waals surface area contributed by atoms with Gasteiger partial charge in [-0.2, -0.15) is 5.26 Å². The highest BCUT2D eigenvalue weighted by Crippen LogP contribution is 2.28. The summed E-state index contributed by atoms with van der Waals surface area (Å²) >= 11 is 0. The van der Waals surface area contributed by atoms with Crippen molar-refractivity contribution >= 4 is 5.97 Å². The van der Waals surface area contributed by atoms with Gasteiger partial charge in [-0.25, -0.2) is 4.79 Å². The normalized spacial score (nSPS) is 15.4. The van der Waals surface area contributed by atoms with Crippen LogP contribution >= 0.6 is 0 Å². The molecule has 1 N–H and O–H groups in total. The van der Waals surface area contributed by atoms with Crippen LogP contribution in [0.1, 0.15) is 25.3 Å². The lowest BCUT2D eigenvalue weighted by atomic mass is 9.85. The van der Waals surface area contributed by atoms with Crippen molar-refractivity contribution in [2.75, 3.05) is 6.61 Å². The molecule has 4 nitrogen and oxygen atoms in total. The second-order valence-electron chi connectivity index (χ2n) is 4.01. The molecule has 0 radical (unpaired) electrons. The van der Waals surface area contributed by atoms with E-state index in [1.54, 1.807) is 13.0 Å². The molecule has 0 aliphatic heterocycles. The fourth-order valence-electron chi connectivity index (χ4n) is 1.49. The van der Waals surface area contributed by atoms with Gasteiger partial charge >= 0.3 is 5.97 Å². The monoisotopic (exact) mass is 233 g/mol. The molecule has 0 aromatic heterocycles. The van der Waals surface area contributed by atoms with Crippen molar-refractivity contribution < 1.29 is 14.6 Å². The molecule has 1 aromatic carbocycles. The largest absolute Gasteiger partial charge is 0.448 e. The summed E-state index contributed by atoms with van der Waals surface area (Å²) in [6.07, 6.45) is 0. The minimum atomic E-state index is -1.64. The molecule has 1 aromatic rings. The molecule has 0 bridgehead atoms. The summed E-state index contributed by atoms with van der Waals surface area (Å²) in [4.78, 5) is 11.6. The Balaban J connectivity index is 2.83. The number of carbonyl (C=O) groups is 1. The molecule has 0 aliphatic carbocycles. The first-order valence-electron chi connectivity index (χ1n) is 5.31. The van der Waals surface area contributed by atoms with Gasteiger partial charge in [-0.3, -0.25) is 0 Å². The zero-order valence-electron chi connectivity index (χ0n) is 9.88. The number of rotatable bonds is 4. The van der Waals surface area contributed by atoms with Crippen LogP contribution in [-0.2, 0) is 9.53 Å². The lowest BCUT2D eigenvalue weighted by Crippen LogP contribution is -2.41. The third kappa shape index (κ3) is 3.05. The Kier molecular flexibility index (Phi) is 4.24. The van der Waals surface area contributed by atoms with E-state index in [4.69, 9.17) is 5.26 Å². The molecular formula is C13H15NO3. The molecule has 1 rings (SSSR count). The highest BCUT2D eigenvalue weighted by Gasteiger charge is 2.38. The highest BCUT2D eigenvalue weighted by atomic mass is 16.5. The van der Waals surface area contributed by atoms with Gasteiger partial charge in [0, 0.05) is 5.92 Å². The minimum Gasteiger partial charge on any atom is -0.448 e. The maximum atomic E-state index is 11.6. The molecular weight excluding hydrogens is 218 g/mol. The van der Waals surface area contributed by atoms with Crippen molar-refractivity contribution in [1.29, 1.82) is 5.26 Å². The number of carbonyl (C=O) groups excluding carboxylic acids is 1.